The zero-order chi connectivity index (χ0) is 14.7. The second-order valence-corrected chi connectivity index (χ2v) is 5.54. The highest BCUT2D eigenvalue weighted by atomic mass is 16.5. The van der Waals surface area contributed by atoms with Gasteiger partial charge in [0.05, 0.1) is 12.5 Å². The third kappa shape index (κ3) is 2.65. The number of nitrogens with one attached hydrogen (secondary N) is 1. The first-order valence-electron chi connectivity index (χ1n) is 7.47. The summed E-state index contributed by atoms with van der Waals surface area (Å²) in [5, 5.41) is 7.55. The van der Waals surface area contributed by atoms with Crippen LogP contribution in [-0.4, -0.2) is 30.3 Å². The summed E-state index contributed by atoms with van der Waals surface area (Å²) in [6.07, 6.45) is 3.13. The third-order valence-corrected chi connectivity index (χ3v) is 4.47. The Labute approximate surface area is 124 Å². The zero-order valence-corrected chi connectivity index (χ0v) is 12.6. The molecular weight excluding hydrogens is 266 g/mol. The number of nitrogens with zero attached hydrogens (tertiary/aromatic N) is 2. The highest BCUT2D eigenvalue weighted by Crippen LogP contribution is 2.36. The Hall–Kier alpha value is -1.88. The fourth-order valence-electron chi connectivity index (χ4n) is 2.92. The molecule has 5 nitrogen and oxygen atoms in total. The summed E-state index contributed by atoms with van der Waals surface area (Å²) in [5.41, 5.74) is 0.981. The van der Waals surface area contributed by atoms with E-state index < -0.39 is 0 Å². The molecule has 0 saturated carbocycles. The highest BCUT2D eigenvalue weighted by Gasteiger charge is 2.37. The molecule has 0 aliphatic carbocycles. The quantitative estimate of drug-likeness (QED) is 0.937. The minimum Gasteiger partial charge on any atom is -0.497 e. The molecule has 3 rings (SSSR count). The highest BCUT2D eigenvalue weighted by molar-refractivity contribution is 5.55. The SMILES string of the molecule is CCC1(c2nc(-c3ccc(OC)cc3)no2)CCNCC1. The molecule has 1 aromatic heterocycles. The van der Waals surface area contributed by atoms with Crippen molar-refractivity contribution in [1.29, 1.82) is 0 Å². The average molecular weight is 287 g/mol. The smallest absolute Gasteiger partial charge is 0.233 e. The summed E-state index contributed by atoms with van der Waals surface area (Å²) in [6.45, 7) is 4.21. The van der Waals surface area contributed by atoms with Gasteiger partial charge in [-0.3, -0.25) is 0 Å². The summed E-state index contributed by atoms with van der Waals surface area (Å²) in [5.74, 6) is 2.25. The molecule has 0 amide bonds. The van der Waals surface area contributed by atoms with Gasteiger partial charge in [-0.15, -0.1) is 0 Å². The third-order valence-electron chi connectivity index (χ3n) is 4.47. The van der Waals surface area contributed by atoms with E-state index in [2.05, 4.69) is 22.4 Å². The van der Waals surface area contributed by atoms with E-state index in [0.717, 1.165) is 49.6 Å². The molecule has 0 unspecified atom stereocenters. The van der Waals surface area contributed by atoms with E-state index in [-0.39, 0.29) is 5.41 Å². The van der Waals surface area contributed by atoms with E-state index >= 15 is 0 Å². The van der Waals surface area contributed by atoms with Gasteiger partial charge in [-0.05, 0) is 56.6 Å². The second kappa shape index (κ2) is 5.85. The van der Waals surface area contributed by atoms with Gasteiger partial charge in [-0.25, -0.2) is 0 Å². The van der Waals surface area contributed by atoms with Crippen LogP contribution in [0.1, 0.15) is 32.1 Å². The zero-order valence-electron chi connectivity index (χ0n) is 12.6. The summed E-state index contributed by atoms with van der Waals surface area (Å²) in [7, 11) is 1.66. The fraction of sp³-hybridized carbons (Fsp3) is 0.500. The van der Waals surface area contributed by atoms with Crippen LogP contribution in [-0.2, 0) is 5.41 Å². The molecule has 1 aromatic carbocycles. The van der Waals surface area contributed by atoms with Crippen molar-refractivity contribution in [3.05, 3.63) is 30.2 Å². The van der Waals surface area contributed by atoms with Crippen LogP contribution in [0.25, 0.3) is 11.4 Å². The van der Waals surface area contributed by atoms with Gasteiger partial charge in [0.2, 0.25) is 11.7 Å². The minimum absolute atomic E-state index is 0.0307. The van der Waals surface area contributed by atoms with Gasteiger partial charge in [0.25, 0.3) is 0 Å². The lowest BCUT2D eigenvalue weighted by molar-refractivity contribution is 0.216. The topological polar surface area (TPSA) is 60.2 Å². The van der Waals surface area contributed by atoms with Crippen LogP contribution in [0.5, 0.6) is 5.75 Å². The van der Waals surface area contributed by atoms with Crippen LogP contribution in [0, 0.1) is 0 Å². The van der Waals surface area contributed by atoms with Gasteiger partial charge in [0, 0.05) is 5.56 Å². The van der Waals surface area contributed by atoms with E-state index in [1.165, 1.54) is 0 Å². The maximum absolute atomic E-state index is 5.59. The average Bonchev–Trinajstić information content (AvgIpc) is 3.06. The van der Waals surface area contributed by atoms with Gasteiger partial charge < -0.3 is 14.6 Å². The largest absolute Gasteiger partial charge is 0.497 e. The minimum atomic E-state index is 0.0307. The van der Waals surface area contributed by atoms with Gasteiger partial charge in [-0.1, -0.05) is 12.1 Å². The Kier molecular flexibility index (Phi) is 3.92. The van der Waals surface area contributed by atoms with Crippen LogP contribution in [0.3, 0.4) is 0 Å². The van der Waals surface area contributed by atoms with Crippen LogP contribution >= 0.6 is 0 Å². The van der Waals surface area contributed by atoms with Crippen LogP contribution < -0.4 is 10.1 Å². The second-order valence-electron chi connectivity index (χ2n) is 5.54. The normalized spacial score (nSPS) is 17.6. The van der Waals surface area contributed by atoms with Crippen molar-refractivity contribution in [2.45, 2.75) is 31.6 Å². The molecule has 0 spiro atoms. The predicted molar refractivity (Wildman–Crippen MR) is 80.4 cm³/mol. The molecule has 5 heteroatoms. The van der Waals surface area contributed by atoms with Gasteiger partial charge >= 0.3 is 0 Å². The van der Waals surface area contributed by atoms with Crippen molar-refractivity contribution >= 4 is 0 Å². The summed E-state index contributed by atoms with van der Waals surface area (Å²) < 4.78 is 10.8. The fourth-order valence-corrected chi connectivity index (χ4v) is 2.92. The molecule has 112 valence electrons. The first kappa shape index (κ1) is 14.1. The van der Waals surface area contributed by atoms with Gasteiger partial charge in [0.1, 0.15) is 5.75 Å². The monoisotopic (exact) mass is 287 g/mol. The molecule has 21 heavy (non-hydrogen) atoms. The van der Waals surface area contributed by atoms with Crippen molar-refractivity contribution in [3.8, 4) is 17.1 Å². The number of benzene rings is 1. The van der Waals surface area contributed by atoms with Crippen molar-refractivity contribution < 1.29 is 9.26 Å². The summed E-state index contributed by atoms with van der Waals surface area (Å²) >= 11 is 0. The molecule has 0 atom stereocenters. The van der Waals surface area contributed by atoms with Crippen molar-refractivity contribution in [2.24, 2.45) is 0 Å². The Morgan fingerprint density at radius 2 is 1.95 bits per heavy atom. The number of methoxy groups -OCH3 is 1. The molecular formula is C16H21N3O2. The molecule has 2 heterocycles. The summed E-state index contributed by atoms with van der Waals surface area (Å²) in [6, 6.07) is 7.72. The Morgan fingerprint density at radius 1 is 1.24 bits per heavy atom. The number of hydrogen-bond donors (Lipinski definition) is 1. The lowest BCUT2D eigenvalue weighted by atomic mass is 9.76. The van der Waals surface area contributed by atoms with E-state index in [1.54, 1.807) is 7.11 Å². The first-order chi connectivity index (χ1) is 10.3. The predicted octanol–water partition coefficient (Wildman–Crippen LogP) is 2.78. The van der Waals surface area contributed by atoms with E-state index in [0.29, 0.717) is 5.82 Å². The lowest BCUT2D eigenvalue weighted by Gasteiger charge is -2.33. The molecule has 0 bridgehead atoms. The number of piperidine rings is 1. The molecule has 1 N–H and O–H groups in total. The van der Waals surface area contributed by atoms with Crippen molar-refractivity contribution in [3.63, 3.8) is 0 Å². The molecule has 1 fully saturated rings. The molecule has 0 radical (unpaired) electrons. The molecule has 1 aliphatic rings. The van der Waals surface area contributed by atoms with E-state index in [4.69, 9.17) is 9.26 Å². The molecule has 1 aliphatic heterocycles. The Morgan fingerprint density at radius 3 is 2.57 bits per heavy atom. The Bertz CT molecular complexity index is 586. The lowest BCUT2D eigenvalue weighted by Crippen LogP contribution is -2.39. The maximum Gasteiger partial charge on any atom is 0.233 e. The van der Waals surface area contributed by atoms with Crippen molar-refractivity contribution in [1.82, 2.24) is 15.5 Å². The van der Waals surface area contributed by atoms with Gasteiger partial charge in [0.15, 0.2) is 0 Å². The van der Waals surface area contributed by atoms with E-state index in [9.17, 15) is 0 Å². The number of hydrogen-bond acceptors (Lipinski definition) is 5. The van der Waals surface area contributed by atoms with Gasteiger partial charge in [-0.2, -0.15) is 4.98 Å². The number of aromatic nitrogens is 2. The summed E-state index contributed by atoms with van der Waals surface area (Å²) in [4.78, 5) is 4.66. The van der Waals surface area contributed by atoms with E-state index in [1.807, 2.05) is 24.3 Å². The molecule has 2 aromatic rings. The number of rotatable bonds is 4. The standard InChI is InChI=1S/C16H21N3O2/c1-3-16(8-10-17-11-9-16)15-18-14(19-21-15)12-4-6-13(20-2)7-5-12/h4-7,17H,3,8-11H2,1-2H3. The maximum atomic E-state index is 5.59. The number of ether oxygens (including phenoxy) is 1. The van der Waals surface area contributed by atoms with Crippen LogP contribution in [0.15, 0.2) is 28.8 Å². The van der Waals surface area contributed by atoms with Crippen molar-refractivity contribution in [2.75, 3.05) is 20.2 Å². The van der Waals surface area contributed by atoms with Crippen LogP contribution in [0.2, 0.25) is 0 Å². The Balaban J connectivity index is 1.87. The molecule has 1 saturated heterocycles. The first-order valence-corrected chi connectivity index (χ1v) is 7.47. The van der Waals surface area contributed by atoms with Crippen LogP contribution in [0.4, 0.5) is 0 Å².